The van der Waals surface area contributed by atoms with E-state index in [9.17, 15) is 0 Å². The molecule has 0 fully saturated rings. The average molecular weight is 283 g/mol. The number of benzene rings is 1. The van der Waals surface area contributed by atoms with Gasteiger partial charge in [0.25, 0.3) is 0 Å². The highest BCUT2D eigenvalue weighted by molar-refractivity contribution is 8.23. The number of thiocarbonyl (C=S) groups is 1. The van der Waals surface area contributed by atoms with Crippen LogP contribution < -0.4 is 5.32 Å². The van der Waals surface area contributed by atoms with Gasteiger partial charge in [0.15, 0.2) is 4.34 Å². The highest BCUT2D eigenvalue weighted by Gasteiger charge is 2.08. The summed E-state index contributed by atoms with van der Waals surface area (Å²) in [6.07, 6.45) is 0. The minimum Gasteiger partial charge on any atom is -0.388 e. The molecule has 0 amide bonds. The van der Waals surface area contributed by atoms with Gasteiger partial charge in [-0.25, -0.2) is 4.98 Å². The Hall–Kier alpha value is -0.850. The first-order valence-electron chi connectivity index (χ1n) is 5.07. The standard InChI is InChI=1S/C11H13N3S3/c1-12-7-4-5-8-9(6-7)16-10(13-8)17-11(15)14(2)3/h4-6,12H,1-3H3. The van der Waals surface area contributed by atoms with Gasteiger partial charge in [0.1, 0.15) is 4.32 Å². The zero-order valence-electron chi connectivity index (χ0n) is 9.85. The third kappa shape index (κ3) is 2.88. The molecule has 0 unspecified atom stereocenters. The van der Waals surface area contributed by atoms with Gasteiger partial charge in [-0.3, -0.25) is 0 Å². The van der Waals surface area contributed by atoms with Crippen LogP contribution in [0.15, 0.2) is 22.5 Å². The fourth-order valence-corrected chi connectivity index (χ4v) is 3.55. The first-order chi connectivity index (χ1) is 8.10. The molecule has 2 rings (SSSR count). The number of nitrogens with zero attached hydrogens (tertiary/aromatic N) is 2. The fraction of sp³-hybridized carbons (Fsp3) is 0.273. The SMILES string of the molecule is CNc1ccc2nc(SC(=S)N(C)C)sc2c1. The first-order valence-corrected chi connectivity index (χ1v) is 7.12. The number of fused-ring (bicyclic) bond motifs is 1. The van der Waals surface area contributed by atoms with Crippen molar-refractivity contribution in [1.82, 2.24) is 9.88 Å². The van der Waals surface area contributed by atoms with E-state index in [4.69, 9.17) is 12.2 Å². The van der Waals surface area contributed by atoms with Crippen LogP contribution in [-0.4, -0.2) is 35.3 Å². The number of hydrogen-bond acceptors (Lipinski definition) is 5. The van der Waals surface area contributed by atoms with Gasteiger partial charge in [0.05, 0.1) is 10.2 Å². The molecule has 1 N–H and O–H groups in total. The van der Waals surface area contributed by atoms with Gasteiger partial charge < -0.3 is 10.2 Å². The van der Waals surface area contributed by atoms with Crippen molar-refractivity contribution in [3.8, 4) is 0 Å². The lowest BCUT2D eigenvalue weighted by molar-refractivity contribution is 0.648. The molecule has 90 valence electrons. The molecule has 1 aromatic heterocycles. The van der Waals surface area contributed by atoms with Crippen molar-refractivity contribution < 1.29 is 0 Å². The van der Waals surface area contributed by atoms with Crippen LogP contribution in [0.25, 0.3) is 10.2 Å². The second kappa shape index (κ2) is 5.20. The predicted molar refractivity (Wildman–Crippen MR) is 81.3 cm³/mol. The lowest BCUT2D eigenvalue weighted by Gasteiger charge is -2.10. The summed E-state index contributed by atoms with van der Waals surface area (Å²) in [5, 5.41) is 3.13. The van der Waals surface area contributed by atoms with Gasteiger partial charge in [0, 0.05) is 26.8 Å². The lowest BCUT2D eigenvalue weighted by atomic mass is 10.3. The van der Waals surface area contributed by atoms with Gasteiger partial charge in [-0.05, 0) is 30.0 Å². The van der Waals surface area contributed by atoms with Crippen molar-refractivity contribution in [2.45, 2.75) is 4.34 Å². The van der Waals surface area contributed by atoms with Crippen LogP contribution in [0.1, 0.15) is 0 Å². The van der Waals surface area contributed by atoms with Crippen molar-refractivity contribution in [2.24, 2.45) is 0 Å². The zero-order chi connectivity index (χ0) is 12.4. The Morgan fingerprint density at radius 1 is 1.47 bits per heavy atom. The maximum atomic E-state index is 5.26. The first kappa shape index (κ1) is 12.6. The zero-order valence-corrected chi connectivity index (χ0v) is 12.3. The van der Waals surface area contributed by atoms with Crippen molar-refractivity contribution >= 4 is 55.5 Å². The Morgan fingerprint density at radius 2 is 2.24 bits per heavy atom. The Balaban J connectivity index is 2.28. The summed E-state index contributed by atoms with van der Waals surface area (Å²) < 4.78 is 3.01. The van der Waals surface area contributed by atoms with Crippen molar-refractivity contribution in [3.05, 3.63) is 18.2 Å². The van der Waals surface area contributed by atoms with Gasteiger partial charge >= 0.3 is 0 Å². The Morgan fingerprint density at radius 3 is 2.88 bits per heavy atom. The Kier molecular flexibility index (Phi) is 3.86. The molecule has 0 aliphatic rings. The highest BCUT2D eigenvalue weighted by Crippen LogP contribution is 2.32. The molecule has 1 aromatic carbocycles. The number of rotatable bonds is 2. The largest absolute Gasteiger partial charge is 0.388 e. The van der Waals surface area contributed by atoms with Crippen LogP contribution in [-0.2, 0) is 0 Å². The molecule has 1 heterocycles. The van der Waals surface area contributed by atoms with E-state index in [1.807, 2.05) is 38.2 Å². The monoisotopic (exact) mass is 283 g/mol. The Labute approximate surface area is 114 Å². The number of anilines is 1. The summed E-state index contributed by atoms with van der Waals surface area (Å²) in [5.41, 5.74) is 2.13. The second-order valence-electron chi connectivity index (χ2n) is 3.67. The van der Waals surface area contributed by atoms with Crippen LogP contribution in [0.5, 0.6) is 0 Å². The molecular weight excluding hydrogens is 270 g/mol. The minimum absolute atomic E-state index is 0.831. The van der Waals surface area contributed by atoms with Crippen LogP contribution in [0.4, 0.5) is 5.69 Å². The summed E-state index contributed by atoms with van der Waals surface area (Å²) in [7, 11) is 5.81. The molecular formula is C11H13N3S3. The van der Waals surface area contributed by atoms with Crippen molar-refractivity contribution in [1.29, 1.82) is 0 Å². The molecule has 0 spiro atoms. The quantitative estimate of drug-likeness (QED) is 0.674. The second-order valence-corrected chi connectivity index (χ2v) is 6.59. The van der Waals surface area contributed by atoms with Crippen molar-refractivity contribution in [3.63, 3.8) is 0 Å². The number of nitrogens with one attached hydrogen (secondary N) is 1. The molecule has 3 nitrogen and oxygen atoms in total. The van der Waals surface area contributed by atoms with Gasteiger partial charge in [-0.2, -0.15) is 0 Å². The molecule has 0 bridgehead atoms. The fourth-order valence-electron chi connectivity index (χ4n) is 1.27. The number of hydrogen-bond donors (Lipinski definition) is 1. The Bertz CT molecular complexity index is 548. The maximum absolute atomic E-state index is 5.26. The maximum Gasteiger partial charge on any atom is 0.158 e. The van der Waals surface area contributed by atoms with E-state index in [1.54, 1.807) is 11.3 Å². The van der Waals surface area contributed by atoms with E-state index < -0.39 is 0 Å². The van der Waals surface area contributed by atoms with E-state index in [0.717, 1.165) is 19.9 Å². The van der Waals surface area contributed by atoms with Gasteiger partial charge in [-0.15, -0.1) is 11.3 Å². The molecule has 0 aliphatic carbocycles. The molecule has 0 aliphatic heterocycles. The van der Waals surface area contributed by atoms with Crippen molar-refractivity contribution in [2.75, 3.05) is 26.5 Å². The summed E-state index contributed by atoms with van der Waals surface area (Å²) in [5.74, 6) is 0. The molecule has 2 aromatic rings. The van der Waals surface area contributed by atoms with E-state index in [2.05, 4.69) is 16.4 Å². The van der Waals surface area contributed by atoms with Crippen LogP contribution in [0.3, 0.4) is 0 Å². The van der Waals surface area contributed by atoms with Gasteiger partial charge in [-0.1, -0.05) is 12.2 Å². The normalized spacial score (nSPS) is 10.5. The molecule has 0 saturated carbocycles. The smallest absolute Gasteiger partial charge is 0.158 e. The lowest BCUT2D eigenvalue weighted by Crippen LogP contribution is -2.15. The van der Waals surface area contributed by atoms with E-state index in [-0.39, 0.29) is 0 Å². The van der Waals surface area contributed by atoms with E-state index in [1.165, 1.54) is 16.5 Å². The number of thiazole rings is 1. The third-order valence-corrected chi connectivity index (χ3v) is 4.93. The van der Waals surface area contributed by atoms with Crippen LogP contribution in [0, 0.1) is 0 Å². The summed E-state index contributed by atoms with van der Waals surface area (Å²) >= 11 is 8.46. The van der Waals surface area contributed by atoms with Gasteiger partial charge in [0.2, 0.25) is 0 Å². The van der Waals surface area contributed by atoms with Crippen LogP contribution >= 0.6 is 35.3 Å². The summed E-state index contributed by atoms with van der Waals surface area (Å²) in [6, 6.07) is 6.16. The van der Waals surface area contributed by atoms with Crippen LogP contribution in [0.2, 0.25) is 0 Å². The number of thioether (sulfide) groups is 1. The topological polar surface area (TPSA) is 28.2 Å². The molecule has 6 heteroatoms. The third-order valence-electron chi connectivity index (χ3n) is 2.20. The molecule has 0 atom stereocenters. The average Bonchev–Trinajstić information content (AvgIpc) is 2.69. The summed E-state index contributed by atoms with van der Waals surface area (Å²) in [6.45, 7) is 0. The van der Waals surface area contributed by atoms with E-state index >= 15 is 0 Å². The molecule has 0 radical (unpaired) electrons. The number of aromatic nitrogens is 1. The summed E-state index contributed by atoms with van der Waals surface area (Å²) in [4.78, 5) is 6.47. The molecule has 0 saturated heterocycles. The molecule has 17 heavy (non-hydrogen) atoms. The van der Waals surface area contributed by atoms with E-state index in [0.29, 0.717) is 0 Å². The highest BCUT2D eigenvalue weighted by atomic mass is 32.2. The minimum atomic E-state index is 0.831. The predicted octanol–water partition coefficient (Wildman–Crippen LogP) is 3.28.